The number of para-hydroxylation sites is 1. The number of hydrogen-bond acceptors (Lipinski definition) is 5. The van der Waals surface area contributed by atoms with Gasteiger partial charge in [-0.1, -0.05) is 18.2 Å². The van der Waals surface area contributed by atoms with E-state index in [1.54, 1.807) is 48.5 Å². The highest BCUT2D eigenvalue weighted by atomic mass is 32.2. The van der Waals surface area contributed by atoms with Gasteiger partial charge in [-0.25, -0.2) is 4.90 Å². The van der Waals surface area contributed by atoms with Gasteiger partial charge in [-0.3, -0.25) is 14.4 Å². The first-order valence-corrected chi connectivity index (χ1v) is 9.69. The molecular weight excluding hydrogens is 364 g/mol. The van der Waals surface area contributed by atoms with Gasteiger partial charge in [-0.2, -0.15) is 0 Å². The number of carbonyl (C=O) groups excluding carboxylic acids is 3. The maximum absolute atomic E-state index is 12.5. The summed E-state index contributed by atoms with van der Waals surface area (Å²) in [5.74, 6) is 0.101. The Morgan fingerprint density at radius 1 is 1.15 bits per heavy atom. The average molecular weight is 384 g/mol. The lowest BCUT2D eigenvalue weighted by Crippen LogP contribution is -2.31. The summed E-state index contributed by atoms with van der Waals surface area (Å²) in [7, 11) is 0. The molecule has 6 nitrogen and oxygen atoms in total. The summed E-state index contributed by atoms with van der Waals surface area (Å²) in [6, 6.07) is 15.9. The highest BCUT2D eigenvalue weighted by Gasteiger charge is 2.39. The lowest BCUT2D eigenvalue weighted by atomic mass is 10.3. The number of nitrogens with one attached hydrogen (secondary N) is 1. The van der Waals surface area contributed by atoms with E-state index >= 15 is 0 Å². The first-order valence-electron chi connectivity index (χ1n) is 8.64. The van der Waals surface area contributed by atoms with E-state index in [1.165, 1.54) is 16.7 Å². The minimum atomic E-state index is -0.538. The highest BCUT2D eigenvalue weighted by Crippen LogP contribution is 2.29. The fraction of sp³-hybridized carbons (Fsp3) is 0.250. The van der Waals surface area contributed by atoms with Crippen LogP contribution in [0.25, 0.3) is 0 Å². The molecule has 1 saturated heterocycles. The Labute approximate surface area is 161 Å². The second kappa shape index (κ2) is 8.73. The zero-order valence-electron chi connectivity index (χ0n) is 14.9. The number of benzene rings is 2. The van der Waals surface area contributed by atoms with Gasteiger partial charge in [-0.15, -0.1) is 11.8 Å². The first-order chi connectivity index (χ1) is 13.1. The Morgan fingerprint density at radius 3 is 2.52 bits per heavy atom. The zero-order chi connectivity index (χ0) is 19.2. The summed E-state index contributed by atoms with van der Waals surface area (Å²) in [4.78, 5) is 38.1. The Hall–Kier alpha value is -2.80. The second-order valence-electron chi connectivity index (χ2n) is 5.91. The van der Waals surface area contributed by atoms with Crippen molar-refractivity contribution in [1.82, 2.24) is 0 Å². The van der Waals surface area contributed by atoms with E-state index in [0.717, 1.165) is 5.75 Å². The number of anilines is 2. The molecule has 1 aliphatic heterocycles. The van der Waals surface area contributed by atoms with Gasteiger partial charge in [0, 0.05) is 12.1 Å². The highest BCUT2D eigenvalue weighted by molar-refractivity contribution is 8.01. The maximum Gasteiger partial charge on any atom is 0.247 e. The van der Waals surface area contributed by atoms with E-state index in [9.17, 15) is 14.4 Å². The van der Waals surface area contributed by atoms with Crippen molar-refractivity contribution in [1.29, 1.82) is 0 Å². The van der Waals surface area contributed by atoms with Crippen LogP contribution in [-0.4, -0.2) is 35.3 Å². The number of thioether (sulfide) groups is 1. The third kappa shape index (κ3) is 4.68. The standard InChI is InChI=1S/C20H20N2O4S/c1-2-26-16-10-8-14(9-11-16)21-18(23)13-27-17-12-19(24)22(20(17)25)15-6-4-3-5-7-15/h3-11,17H,2,12-13H2,1H3,(H,21,23). The molecule has 1 fully saturated rings. The van der Waals surface area contributed by atoms with Crippen LogP contribution in [0.2, 0.25) is 0 Å². The van der Waals surface area contributed by atoms with Crippen LogP contribution in [0.3, 0.4) is 0 Å². The number of amides is 3. The number of nitrogens with zero attached hydrogens (tertiary/aromatic N) is 1. The number of hydrogen-bond donors (Lipinski definition) is 1. The van der Waals surface area contributed by atoms with Gasteiger partial charge < -0.3 is 10.1 Å². The van der Waals surface area contributed by atoms with Gasteiger partial charge in [0.25, 0.3) is 0 Å². The largest absolute Gasteiger partial charge is 0.494 e. The Morgan fingerprint density at radius 2 is 1.85 bits per heavy atom. The van der Waals surface area contributed by atoms with Crippen molar-refractivity contribution in [3.05, 3.63) is 54.6 Å². The molecule has 1 heterocycles. The molecule has 2 aromatic rings. The third-order valence-electron chi connectivity index (χ3n) is 3.98. The first kappa shape index (κ1) is 19.0. The molecule has 3 amide bonds. The molecule has 3 rings (SSSR count). The normalized spacial score (nSPS) is 16.5. The predicted octanol–water partition coefficient (Wildman–Crippen LogP) is 3.09. The summed E-state index contributed by atoms with van der Waals surface area (Å²) < 4.78 is 5.36. The molecule has 1 atom stereocenters. The van der Waals surface area contributed by atoms with Crippen molar-refractivity contribution < 1.29 is 19.1 Å². The van der Waals surface area contributed by atoms with Crippen LogP contribution in [0.4, 0.5) is 11.4 Å². The Balaban J connectivity index is 1.53. The van der Waals surface area contributed by atoms with E-state index in [0.29, 0.717) is 18.0 Å². The fourth-order valence-electron chi connectivity index (χ4n) is 2.76. The molecule has 27 heavy (non-hydrogen) atoms. The van der Waals surface area contributed by atoms with E-state index in [1.807, 2.05) is 13.0 Å². The van der Waals surface area contributed by atoms with Crippen LogP contribution in [0.5, 0.6) is 5.75 Å². The van der Waals surface area contributed by atoms with E-state index in [2.05, 4.69) is 5.32 Å². The minimum Gasteiger partial charge on any atom is -0.494 e. The average Bonchev–Trinajstić information content (AvgIpc) is 2.96. The predicted molar refractivity (Wildman–Crippen MR) is 106 cm³/mol. The van der Waals surface area contributed by atoms with Crippen molar-refractivity contribution in [2.75, 3.05) is 22.6 Å². The maximum atomic E-state index is 12.5. The summed E-state index contributed by atoms with van der Waals surface area (Å²) >= 11 is 1.18. The van der Waals surface area contributed by atoms with Crippen molar-refractivity contribution in [3.63, 3.8) is 0 Å². The van der Waals surface area contributed by atoms with Crippen LogP contribution in [-0.2, 0) is 14.4 Å². The summed E-state index contributed by atoms with van der Waals surface area (Å²) in [6.07, 6.45) is 0.106. The second-order valence-corrected chi connectivity index (χ2v) is 7.10. The van der Waals surface area contributed by atoms with Crippen molar-refractivity contribution >= 4 is 40.9 Å². The van der Waals surface area contributed by atoms with Gasteiger partial charge in [-0.05, 0) is 43.3 Å². The number of carbonyl (C=O) groups is 3. The molecule has 0 aromatic heterocycles. The molecule has 0 radical (unpaired) electrons. The molecular formula is C20H20N2O4S. The van der Waals surface area contributed by atoms with Gasteiger partial charge in [0.2, 0.25) is 17.7 Å². The van der Waals surface area contributed by atoms with Crippen molar-refractivity contribution in [2.45, 2.75) is 18.6 Å². The lowest BCUT2D eigenvalue weighted by molar-refractivity contribution is -0.121. The molecule has 1 unspecified atom stereocenters. The molecule has 0 bridgehead atoms. The van der Waals surface area contributed by atoms with Crippen LogP contribution in [0.1, 0.15) is 13.3 Å². The topological polar surface area (TPSA) is 75.7 Å². The quantitative estimate of drug-likeness (QED) is 0.743. The summed E-state index contributed by atoms with van der Waals surface area (Å²) in [6.45, 7) is 2.48. The zero-order valence-corrected chi connectivity index (χ0v) is 15.7. The van der Waals surface area contributed by atoms with Crippen molar-refractivity contribution in [2.24, 2.45) is 0 Å². The van der Waals surface area contributed by atoms with Crippen LogP contribution in [0, 0.1) is 0 Å². The SMILES string of the molecule is CCOc1ccc(NC(=O)CSC2CC(=O)N(c3ccccc3)C2=O)cc1. The minimum absolute atomic E-state index is 0.0968. The van der Waals surface area contributed by atoms with E-state index in [4.69, 9.17) is 4.74 Å². The van der Waals surface area contributed by atoms with Crippen molar-refractivity contribution in [3.8, 4) is 5.75 Å². The molecule has 1 N–H and O–H groups in total. The molecule has 2 aromatic carbocycles. The summed E-state index contributed by atoms with van der Waals surface area (Å²) in [5.41, 5.74) is 1.22. The number of rotatable bonds is 7. The van der Waals surface area contributed by atoms with Crippen LogP contribution < -0.4 is 15.0 Å². The number of ether oxygens (including phenoxy) is 1. The molecule has 140 valence electrons. The fourth-order valence-corrected chi connectivity index (χ4v) is 3.69. The number of imide groups is 1. The van der Waals surface area contributed by atoms with Gasteiger partial charge in [0.15, 0.2) is 0 Å². The van der Waals surface area contributed by atoms with E-state index < -0.39 is 5.25 Å². The van der Waals surface area contributed by atoms with Crippen LogP contribution >= 0.6 is 11.8 Å². The molecule has 7 heteroatoms. The monoisotopic (exact) mass is 384 g/mol. The lowest BCUT2D eigenvalue weighted by Gasteiger charge is -2.14. The van der Waals surface area contributed by atoms with E-state index in [-0.39, 0.29) is 29.9 Å². The van der Waals surface area contributed by atoms with Gasteiger partial charge in [0.05, 0.1) is 23.3 Å². The molecule has 0 saturated carbocycles. The van der Waals surface area contributed by atoms with Crippen LogP contribution in [0.15, 0.2) is 54.6 Å². The molecule has 1 aliphatic rings. The Bertz CT molecular complexity index is 824. The smallest absolute Gasteiger partial charge is 0.247 e. The van der Waals surface area contributed by atoms with Gasteiger partial charge >= 0.3 is 0 Å². The third-order valence-corrected chi connectivity index (χ3v) is 5.18. The molecule has 0 aliphatic carbocycles. The summed E-state index contributed by atoms with van der Waals surface area (Å²) in [5, 5.41) is 2.24. The van der Waals surface area contributed by atoms with Gasteiger partial charge in [0.1, 0.15) is 5.75 Å². The molecule has 0 spiro atoms. The Kier molecular flexibility index (Phi) is 6.13.